The number of nitrogens with one attached hydrogen (secondary N) is 2. The normalized spacial score (nSPS) is 10.7. The molecule has 0 unspecified atom stereocenters. The van der Waals surface area contributed by atoms with Gasteiger partial charge in [0.05, 0.1) is 23.5 Å². The Hall–Kier alpha value is -2.73. The van der Waals surface area contributed by atoms with Crippen molar-refractivity contribution < 1.29 is 4.79 Å². The van der Waals surface area contributed by atoms with Crippen molar-refractivity contribution in [1.29, 1.82) is 0 Å². The summed E-state index contributed by atoms with van der Waals surface area (Å²) in [4.78, 5) is 16.3. The molecular weight excluding hydrogens is 266 g/mol. The number of hydrogen-bond acceptors (Lipinski definition) is 4. The molecule has 0 saturated heterocycles. The second kappa shape index (κ2) is 5.72. The van der Waals surface area contributed by atoms with E-state index in [1.54, 1.807) is 29.3 Å². The molecule has 0 aliphatic rings. The van der Waals surface area contributed by atoms with E-state index in [0.29, 0.717) is 11.1 Å². The van der Waals surface area contributed by atoms with Crippen LogP contribution < -0.4 is 10.6 Å². The summed E-state index contributed by atoms with van der Waals surface area (Å²) in [6.07, 6.45) is 6.50. The van der Waals surface area contributed by atoms with Crippen molar-refractivity contribution in [2.24, 2.45) is 0 Å². The molecule has 1 amide bonds. The summed E-state index contributed by atoms with van der Waals surface area (Å²) in [7, 11) is 1.90. The van der Waals surface area contributed by atoms with Crippen LogP contribution in [0.2, 0.25) is 0 Å². The standard InChI is InChI=1S/C15H15N5O/c1-16-8-11-2-4-12(5-3-11)19-15(21)13-9-18-20-7-6-17-10-14(13)20/h2-7,9-10,16H,8H2,1H3,(H,19,21). The number of benzene rings is 1. The Balaban J connectivity index is 1.79. The number of hydrogen-bond donors (Lipinski definition) is 2. The molecule has 0 spiro atoms. The molecule has 0 aliphatic heterocycles. The maximum atomic E-state index is 12.3. The van der Waals surface area contributed by atoms with Crippen molar-refractivity contribution in [3.63, 3.8) is 0 Å². The maximum Gasteiger partial charge on any atom is 0.259 e. The summed E-state index contributed by atoms with van der Waals surface area (Å²) < 4.78 is 1.62. The van der Waals surface area contributed by atoms with Gasteiger partial charge in [0.2, 0.25) is 0 Å². The fourth-order valence-corrected chi connectivity index (χ4v) is 2.12. The highest BCUT2D eigenvalue weighted by molar-refractivity contribution is 6.08. The smallest absolute Gasteiger partial charge is 0.259 e. The summed E-state index contributed by atoms with van der Waals surface area (Å²) >= 11 is 0. The van der Waals surface area contributed by atoms with Gasteiger partial charge in [0.1, 0.15) is 0 Å². The van der Waals surface area contributed by atoms with Crippen LogP contribution in [-0.4, -0.2) is 27.6 Å². The zero-order chi connectivity index (χ0) is 14.7. The second-order valence-electron chi connectivity index (χ2n) is 4.65. The van der Waals surface area contributed by atoms with Crippen molar-refractivity contribution in [2.45, 2.75) is 6.54 Å². The Morgan fingerprint density at radius 3 is 2.81 bits per heavy atom. The van der Waals surface area contributed by atoms with Crippen LogP contribution in [0.3, 0.4) is 0 Å². The van der Waals surface area contributed by atoms with Crippen molar-refractivity contribution in [2.75, 3.05) is 12.4 Å². The first-order valence-corrected chi connectivity index (χ1v) is 6.60. The number of carbonyl (C=O) groups is 1. The van der Waals surface area contributed by atoms with E-state index in [1.807, 2.05) is 31.3 Å². The molecule has 0 bridgehead atoms. The van der Waals surface area contributed by atoms with Gasteiger partial charge in [0, 0.05) is 24.6 Å². The summed E-state index contributed by atoms with van der Waals surface area (Å²) in [5.41, 5.74) is 3.10. The number of carbonyl (C=O) groups excluding carboxylic acids is 1. The third-order valence-corrected chi connectivity index (χ3v) is 3.16. The minimum absolute atomic E-state index is 0.195. The highest BCUT2D eigenvalue weighted by Gasteiger charge is 2.12. The van der Waals surface area contributed by atoms with Gasteiger partial charge in [-0.3, -0.25) is 9.78 Å². The number of amides is 1. The van der Waals surface area contributed by atoms with E-state index in [9.17, 15) is 4.79 Å². The highest BCUT2D eigenvalue weighted by atomic mass is 16.1. The molecule has 3 rings (SSSR count). The quantitative estimate of drug-likeness (QED) is 0.763. The van der Waals surface area contributed by atoms with Crippen LogP contribution in [0.25, 0.3) is 5.52 Å². The highest BCUT2D eigenvalue weighted by Crippen LogP contribution is 2.14. The van der Waals surface area contributed by atoms with Gasteiger partial charge >= 0.3 is 0 Å². The zero-order valence-electron chi connectivity index (χ0n) is 11.6. The molecule has 2 heterocycles. The van der Waals surface area contributed by atoms with Gasteiger partial charge in [-0.1, -0.05) is 12.1 Å². The minimum atomic E-state index is -0.195. The van der Waals surface area contributed by atoms with Crippen LogP contribution in [0.4, 0.5) is 5.69 Å². The molecule has 0 radical (unpaired) electrons. The molecule has 0 aliphatic carbocycles. The Labute approximate surface area is 121 Å². The van der Waals surface area contributed by atoms with Crippen LogP contribution in [-0.2, 0) is 6.54 Å². The predicted molar refractivity (Wildman–Crippen MR) is 80.1 cm³/mol. The van der Waals surface area contributed by atoms with E-state index >= 15 is 0 Å². The number of rotatable bonds is 4. The number of nitrogens with zero attached hydrogens (tertiary/aromatic N) is 3. The number of fused-ring (bicyclic) bond motifs is 1. The Morgan fingerprint density at radius 1 is 1.24 bits per heavy atom. The first-order valence-electron chi connectivity index (χ1n) is 6.60. The molecule has 1 aromatic carbocycles. The molecule has 0 fully saturated rings. The van der Waals surface area contributed by atoms with Gasteiger partial charge in [0.25, 0.3) is 5.91 Å². The van der Waals surface area contributed by atoms with Gasteiger partial charge in [-0.05, 0) is 24.7 Å². The van der Waals surface area contributed by atoms with Crippen LogP contribution in [0, 0.1) is 0 Å². The molecule has 0 atom stereocenters. The largest absolute Gasteiger partial charge is 0.322 e. The lowest BCUT2D eigenvalue weighted by Crippen LogP contribution is -2.12. The fourth-order valence-electron chi connectivity index (χ4n) is 2.12. The first kappa shape index (κ1) is 13.3. The molecule has 106 valence electrons. The van der Waals surface area contributed by atoms with E-state index in [2.05, 4.69) is 20.7 Å². The van der Waals surface area contributed by atoms with Crippen LogP contribution in [0.15, 0.2) is 49.1 Å². The third-order valence-electron chi connectivity index (χ3n) is 3.16. The average molecular weight is 281 g/mol. The first-order chi connectivity index (χ1) is 10.3. The van der Waals surface area contributed by atoms with E-state index in [0.717, 1.165) is 17.8 Å². The Bertz CT molecular complexity index is 763. The number of anilines is 1. The van der Waals surface area contributed by atoms with E-state index in [-0.39, 0.29) is 5.91 Å². The third kappa shape index (κ3) is 2.75. The van der Waals surface area contributed by atoms with Gasteiger partial charge in [-0.25, -0.2) is 4.52 Å². The summed E-state index contributed by atoms with van der Waals surface area (Å²) in [5, 5.41) is 10.1. The monoisotopic (exact) mass is 281 g/mol. The van der Waals surface area contributed by atoms with Crippen molar-refractivity contribution in [1.82, 2.24) is 19.9 Å². The van der Waals surface area contributed by atoms with Gasteiger partial charge < -0.3 is 10.6 Å². The molecule has 2 aromatic heterocycles. The van der Waals surface area contributed by atoms with Crippen LogP contribution in [0.5, 0.6) is 0 Å². The van der Waals surface area contributed by atoms with Crippen LogP contribution in [0.1, 0.15) is 15.9 Å². The predicted octanol–water partition coefficient (Wildman–Crippen LogP) is 1.70. The lowest BCUT2D eigenvalue weighted by atomic mass is 10.2. The molecular formula is C15H15N5O. The lowest BCUT2D eigenvalue weighted by Gasteiger charge is -2.05. The van der Waals surface area contributed by atoms with Crippen LogP contribution >= 0.6 is 0 Å². The van der Waals surface area contributed by atoms with Crippen molar-refractivity contribution in [3.05, 3.63) is 60.2 Å². The van der Waals surface area contributed by atoms with E-state index in [4.69, 9.17) is 0 Å². The molecule has 2 N–H and O–H groups in total. The van der Waals surface area contributed by atoms with Gasteiger partial charge in [-0.2, -0.15) is 5.10 Å². The minimum Gasteiger partial charge on any atom is -0.322 e. The van der Waals surface area contributed by atoms with E-state index in [1.165, 1.54) is 0 Å². The lowest BCUT2D eigenvalue weighted by molar-refractivity contribution is 0.102. The van der Waals surface area contributed by atoms with Crippen molar-refractivity contribution in [3.8, 4) is 0 Å². The summed E-state index contributed by atoms with van der Waals surface area (Å²) in [6.45, 7) is 0.800. The SMILES string of the molecule is CNCc1ccc(NC(=O)c2cnn3ccncc23)cc1. The fraction of sp³-hybridized carbons (Fsp3) is 0.133. The molecule has 6 nitrogen and oxygen atoms in total. The molecule has 0 saturated carbocycles. The summed E-state index contributed by atoms with van der Waals surface area (Å²) in [6, 6.07) is 7.72. The topological polar surface area (TPSA) is 71.3 Å². The molecule has 3 aromatic rings. The summed E-state index contributed by atoms with van der Waals surface area (Å²) in [5.74, 6) is -0.195. The maximum absolute atomic E-state index is 12.3. The van der Waals surface area contributed by atoms with Crippen molar-refractivity contribution >= 4 is 17.1 Å². The van der Waals surface area contributed by atoms with E-state index < -0.39 is 0 Å². The van der Waals surface area contributed by atoms with Gasteiger partial charge in [0.15, 0.2) is 0 Å². The molecule has 21 heavy (non-hydrogen) atoms. The van der Waals surface area contributed by atoms with Gasteiger partial charge in [-0.15, -0.1) is 0 Å². The Morgan fingerprint density at radius 2 is 2.05 bits per heavy atom. The number of aromatic nitrogens is 3. The Kier molecular flexibility index (Phi) is 3.61. The average Bonchev–Trinajstić information content (AvgIpc) is 2.93. The molecule has 6 heteroatoms. The second-order valence-corrected chi connectivity index (χ2v) is 4.65. The zero-order valence-corrected chi connectivity index (χ0v) is 11.6.